The summed E-state index contributed by atoms with van der Waals surface area (Å²) in [5, 5.41) is 19.2. The van der Waals surface area contributed by atoms with Gasteiger partial charge in [-0.2, -0.15) is 0 Å². The van der Waals surface area contributed by atoms with Crippen molar-refractivity contribution in [3.63, 3.8) is 0 Å². The molecular formula is C51H34N6. The molecule has 8 aromatic carbocycles. The quantitative estimate of drug-likeness (QED) is 0.160. The number of anilines is 2. The van der Waals surface area contributed by atoms with E-state index in [0.29, 0.717) is 23.0 Å². The molecule has 0 bridgehead atoms. The van der Waals surface area contributed by atoms with Crippen LogP contribution in [0, 0.1) is 5.41 Å². The van der Waals surface area contributed by atoms with Gasteiger partial charge < -0.3 is 15.3 Å². The molecule has 0 amide bonds. The molecular weight excluding hydrogens is 697 g/mol. The lowest BCUT2D eigenvalue weighted by atomic mass is 9.99. The molecule has 57 heavy (non-hydrogen) atoms. The van der Waals surface area contributed by atoms with Crippen LogP contribution < -0.4 is 5.32 Å². The maximum atomic E-state index is 8.58. The second-order valence-corrected chi connectivity index (χ2v) is 14.3. The number of fused-ring (bicyclic) bond motifs is 8. The van der Waals surface area contributed by atoms with Crippen molar-refractivity contribution in [1.82, 2.24) is 19.1 Å². The molecule has 3 aromatic heterocycles. The topological polar surface area (TPSA) is 71.5 Å². The summed E-state index contributed by atoms with van der Waals surface area (Å²) >= 11 is 0. The van der Waals surface area contributed by atoms with Crippen LogP contribution in [0.15, 0.2) is 188 Å². The molecule has 0 atom stereocenters. The van der Waals surface area contributed by atoms with Gasteiger partial charge in [-0.25, -0.2) is 9.97 Å². The molecule has 11 aromatic rings. The van der Waals surface area contributed by atoms with E-state index < -0.39 is 0 Å². The Hall–Kier alpha value is -7.83. The molecule has 0 aliphatic carbocycles. The summed E-state index contributed by atoms with van der Waals surface area (Å²) in [7, 11) is 0. The van der Waals surface area contributed by atoms with Crippen molar-refractivity contribution in [2.24, 2.45) is 0 Å². The Bertz CT molecular complexity index is 3330. The minimum absolute atomic E-state index is 0.498. The third-order valence-electron chi connectivity index (χ3n) is 11.0. The first-order valence-electron chi connectivity index (χ1n) is 19.1. The molecule has 6 heteroatoms. The number of aromatic nitrogens is 4. The van der Waals surface area contributed by atoms with E-state index in [4.69, 9.17) is 15.4 Å². The van der Waals surface area contributed by atoms with Crippen LogP contribution in [-0.4, -0.2) is 25.3 Å². The van der Waals surface area contributed by atoms with Crippen LogP contribution in [0.3, 0.4) is 0 Å². The summed E-state index contributed by atoms with van der Waals surface area (Å²) in [6, 6.07) is 65.8. The Kier molecular flexibility index (Phi) is 7.54. The van der Waals surface area contributed by atoms with Gasteiger partial charge in [0, 0.05) is 44.7 Å². The van der Waals surface area contributed by atoms with Crippen molar-refractivity contribution in [1.29, 1.82) is 5.41 Å². The first kappa shape index (κ1) is 32.6. The summed E-state index contributed by atoms with van der Waals surface area (Å²) < 4.78 is 4.59. The van der Waals surface area contributed by atoms with E-state index in [1.54, 1.807) is 0 Å². The zero-order valence-electron chi connectivity index (χ0n) is 30.8. The summed E-state index contributed by atoms with van der Waals surface area (Å²) in [6.07, 6.45) is 1.31. The Morgan fingerprint density at radius 1 is 0.456 bits per heavy atom. The maximum Gasteiger partial charge on any atom is 0.166 e. The van der Waals surface area contributed by atoms with Crippen molar-refractivity contribution >= 4 is 72.0 Å². The summed E-state index contributed by atoms with van der Waals surface area (Å²) in [6.45, 7) is 0. The number of hydrogen-bond donors (Lipinski definition) is 2. The van der Waals surface area contributed by atoms with Crippen LogP contribution in [-0.2, 0) is 0 Å². The second kappa shape index (κ2) is 13.2. The third-order valence-corrected chi connectivity index (χ3v) is 11.0. The summed E-state index contributed by atoms with van der Waals surface area (Å²) in [5.41, 5.74) is 10.7. The Labute approximate surface area is 328 Å². The van der Waals surface area contributed by atoms with Crippen LogP contribution in [0.25, 0.3) is 88.4 Å². The molecule has 0 aliphatic rings. The zero-order chi connectivity index (χ0) is 37.9. The second-order valence-electron chi connectivity index (χ2n) is 14.3. The Balaban J connectivity index is 1.18. The van der Waals surface area contributed by atoms with Gasteiger partial charge in [0.25, 0.3) is 0 Å². The molecule has 268 valence electrons. The van der Waals surface area contributed by atoms with Gasteiger partial charge in [-0.05, 0) is 82.6 Å². The Morgan fingerprint density at radius 2 is 1.05 bits per heavy atom. The normalized spacial score (nSPS) is 11.6. The van der Waals surface area contributed by atoms with E-state index >= 15 is 0 Å². The number of nitrogens with one attached hydrogen (secondary N) is 2. The molecule has 0 saturated heterocycles. The average Bonchev–Trinajstić information content (AvgIpc) is 3.80. The van der Waals surface area contributed by atoms with Gasteiger partial charge in [-0.15, -0.1) is 0 Å². The lowest BCUT2D eigenvalue weighted by molar-refractivity contribution is 1.04. The molecule has 0 fully saturated rings. The van der Waals surface area contributed by atoms with E-state index in [-0.39, 0.29) is 0 Å². The standard InChI is InChI=1S/C51H34N6/c52-32-43-49(53-37-17-6-2-7-18-37)51(55-50(54-43)34-15-4-1-5-16-34)57-46-28-26-36(31-42(46)48-39-21-11-10-14-33(39)24-29-47(48)57)35-25-27-45-41(30-35)40-22-12-13-23-44(40)56(45)38-19-8-3-9-20-38/h1-32,52-53H. The number of benzene rings is 8. The van der Waals surface area contributed by atoms with E-state index in [1.807, 2.05) is 60.7 Å². The molecule has 0 unspecified atom stereocenters. The molecule has 11 rings (SSSR count). The van der Waals surface area contributed by atoms with Crippen LogP contribution in [0.1, 0.15) is 5.69 Å². The van der Waals surface area contributed by atoms with Gasteiger partial charge >= 0.3 is 0 Å². The van der Waals surface area contributed by atoms with Crippen molar-refractivity contribution in [3.05, 3.63) is 194 Å². The lowest BCUT2D eigenvalue weighted by Crippen LogP contribution is -2.10. The van der Waals surface area contributed by atoms with Crippen molar-refractivity contribution in [2.75, 3.05) is 5.32 Å². The Morgan fingerprint density at radius 3 is 1.81 bits per heavy atom. The largest absolute Gasteiger partial charge is 0.351 e. The first-order valence-corrected chi connectivity index (χ1v) is 19.1. The zero-order valence-corrected chi connectivity index (χ0v) is 30.8. The molecule has 3 heterocycles. The maximum absolute atomic E-state index is 8.58. The third kappa shape index (κ3) is 5.30. The van der Waals surface area contributed by atoms with Crippen LogP contribution >= 0.6 is 0 Å². The predicted octanol–water partition coefficient (Wildman–Crippen LogP) is 12.9. The lowest BCUT2D eigenvalue weighted by Gasteiger charge is -2.18. The minimum Gasteiger partial charge on any atom is -0.351 e. The fourth-order valence-corrected chi connectivity index (χ4v) is 8.44. The van der Waals surface area contributed by atoms with Gasteiger partial charge in [0.05, 0.1) is 22.1 Å². The van der Waals surface area contributed by atoms with Crippen LogP contribution in [0.5, 0.6) is 0 Å². The summed E-state index contributed by atoms with van der Waals surface area (Å²) in [4.78, 5) is 10.3. The van der Waals surface area contributed by atoms with Crippen LogP contribution in [0.2, 0.25) is 0 Å². The number of rotatable bonds is 7. The minimum atomic E-state index is 0.498. The summed E-state index contributed by atoms with van der Waals surface area (Å²) in [5.74, 6) is 1.22. The van der Waals surface area contributed by atoms with Crippen molar-refractivity contribution in [3.8, 4) is 34.0 Å². The molecule has 0 aliphatic heterocycles. The fourth-order valence-electron chi connectivity index (χ4n) is 8.44. The number of nitrogens with zero attached hydrogens (tertiary/aromatic N) is 4. The number of hydrogen-bond acceptors (Lipinski definition) is 4. The van der Waals surface area contributed by atoms with Gasteiger partial charge in [0.15, 0.2) is 11.6 Å². The first-order chi connectivity index (χ1) is 28.2. The fraction of sp³-hybridized carbons (Fsp3) is 0. The molecule has 0 saturated carbocycles. The van der Waals surface area contributed by atoms with E-state index in [0.717, 1.165) is 49.9 Å². The molecule has 0 spiro atoms. The predicted molar refractivity (Wildman–Crippen MR) is 237 cm³/mol. The average molecular weight is 731 g/mol. The van der Waals surface area contributed by atoms with Crippen LogP contribution in [0.4, 0.5) is 11.4 Å². The molecule has 6 nitrogen and oxygen atoms in total. The van der Waals surface area contributed by atoms with E-state index in [1.165, 1.54) is 38.8 Å². The SMILES string of the molecule is N=Cc1nc(-c2ccccc2)nc(-n2c3ccc(-c4ccc5c(c4)c4ccccc4n5-c4ccccc4)cc3c3c4ccccc4ccc32)c1Nc1ccccc1. The van der Waals surface area contributed by atoms with Gasteiger partial charge in [0.1, 0.15) is 11.4 Å². The highest BCUT2D eigenvalue weighted by atomic mass is 15.1. The van der Waals surface area contributed by atoms with Gasteiger partial charge in [-0.3, -0.25) is 4.57 Å². The van der Waals surface area contributed by atoms with Gasteiger partial charge in [0.2, 0.25) is 0 Å². The smallest absolute Gasteiger partial charge is 0.166 e. The van der Waals surface area contributed by atoms with E-state index in [9.17, 15) is 0 Å². The number of para-hydroxylation sites is 3. The highest BCUT2D eigenvalue weighted by molar-refractivity contribution is 6.22. The van der Waals surface area contributed by atoms with E-state index in [2.05, 4.69) is 142 Å². The highest BCUT2D eigenvalue weighted by Gasteiger charge is 2.23. The molecule has 2 N–H and O–H groups in total. The highest BCUT2D eigenvalue weighted by Crippen LogP contribution is 2.42. The molecule has 0 radical (unpaired) electrons. The monoisotopic (exact) mass is 730 g/mol. The van der Waals surface area contributed by atoms with Crippen molar-refractivity contribution in [2.45, 2.75) is 0 Å². The van der Waals surface area contributed by atoms with Gasteiger partial charge in [-0.1, -0.05) is 127 Å². The van der Waals surface area contributed by atoms with Crippen molar-refractivity contribution < 1.29 is 0 Å².